The summed E-state index contributed by atoms with van der Waals surface area (Å²) in [6.07, 6.45) is 2.16. The third kappa shape index (κ3) is 5.52. The van der Waals surface area contributed by atoms with Gasteiger partial charge in [0, 0.05) is 6.20 Å². The minimum atomic E-state index is -3.48. The lowest BCUT2D eigenvalue weighted by atomic mass is 10.2. The molecule has 0 fully saturated rings. The van der Waals surface area contributed by atoms with Gasteiger partial charge in [0.2, 0.25) is 10.0 Å². The van der Waals surface area contributed by atoms with E-state index in [1.165, 1.54) is 0 Å². The van der Waals surface area contributed by atoms with Crippen LogP contribution in [0, 0.1) is 0 Å². The highest BCUT2D eigenvalue weighted by molar-refractivity contribution is 7.92. The summed E-state index contributed by atoms with van der Waals surface area (Å²) < 4.78 is 26.8. The first-order valence-electron chi connectivity index (χ1n) is 8.13. The molecule has 2 N–H and O–H groups in total. The van der Waals surface area contributed by atoms with Gasteiger partial charge in [0.05, 0.1) is 18.0 Å². The van der Waals surface area contributed by atoms with Crippen molar-refractivity contribution in [1.29, 1.82) is 0 Å². The molecule has 134 valence electrons. The average Bonchev–Trinajstić information content (AvgIpc) is 2.67. The van der Waals surface area contributed by atoms with Crippen LogP contribution in [-0.2, 0) is 23.0 Å². The second kappa shape index (κ2) is 8.39. The Morgan fingerprint density at radius 3 is 2.27 bits per heavy atom. The summed E-state index contributed by atoms with van der Waals surface area (Å²) in [6, 6.07) is 18.4. The number of hydrogen-bond donors (Lipinski definition) is 2. The molecule has 7 nitrogen and oxygen atoms in total. The third-order valence-corrected chi connectivity index (χ3v) is 4.87. The highest BCUT2D eigenvalue weighted by Gasteiger charge is 2.12. The largest absolute Gasteiger partial charge is 0.363 e. The Morgan fingerprint density at radius 1 is 0.846 bits per heavy atom. The van der Waals surface area contributed by atoms with Crippen LogP contribution in [0.4, 0.5) is 11.6 Å². The molecular weight excluding hydrogens is 350 g/mol. The summed E-state index contributed by atoms with van der Waals surface area (Å²) in [5.41, 5.74) is 1.85. The van der Waals surface area contributed by atoms with E-state index in [1.54, 1.807) is 18.3 Å². The monoisotopic (exact) mass is 369 g/mol. The first-order chi connectivity index (χ1) is 12.6. The van der Waals surface area contributed by atoms with E-state index in [0.29, 0.717) is 18.8 Å². The van der Waals surface area contributed by atoms with E-state index in [-0.39, 0.29) is 11.6 Å². The first-order valence-corrected chi connectivity index (χ1v) is 9.78. The Kier molecular flexibility index (Phi) is 5.75. The minimum Gasteiger partial charge on any atom is -0.363 e. The fourth-order valence-electron chi connectivity index (χ4n) is 2.27. The number of nitrogens with one attached hydrogen (secondary N) is 2. The van der Waals surface area contributed by atoms with Gasteiger partial charge in [0.25, 0.3) is 0 Å². The van der Waals surface area contributed by atoms with E-state index in [4.69, 9.17) is 0 Å². The lowest BCUT2D eigenvalue weighted by Gasteiger charge is -2.08. The number of pyridine rings is 1. The molecule has 0 unspecified atom stereocenters. The van der Waals surface area contributed by atoms with E-state index in [9.17, 15) is 8.42 Å². The van der Waals surface area contributed by atoms with Crippen molar-refractivity contribution in [3.05, 3.63) is 78.1 Å². The molecule has 3 aromatic rings. The maximum atomic E-state index is 12.2. The van der Waals surface area contributed by atoms with Gasteiger partial charge in [-0.2, -0.15) is 0 Å². The molecule has 0 atom stereocenters. The van der Waals surface area contributed by atoms with Gasteiger partial charge in [-0.05, 0) is 36.2 Å². The van der Waals surface area contributed by atoms with Crippen molar-refractivity contribution in [3.8, 4) is 0 Å². The fourth-order valence-corrected chi connectivity index (χ4v) is 3.31. The fraction of sp³-hybridized carbons (Fsp3) is 0.167. The van der Waals surface area contributed by atoms with Gasteiger partial charge in [0.1, 0.15) is 5.82 Å². The normalized spacial score (nSPS) is 11.1. The molecule has 0 saturated carbocycles. The third-order valence-electron chi connectivity index (χ3n) is 3.60. The number of benzene rings is 1. The molecule has 0 spiro atoms. The summed E-state index contributed by atoms with van der Waals surface area (Å²) in [5.74, 6) is 0.725. The number of anilines is 2. The molecule has 0 radical (unpaired) electrons. The highest BCUT2D eigenvalue weighted by atomic mass is 32.2. The zero-order chi connectivity index (χ0) is 18.2. The molecule has 2 heterocycles. The zero-order valence-electron chi connectivity index (χ0n) is 14.0. The summed E-state index contributed by atoms with van der Waals surface area (Å²) in [5, 5.41) is 11.0. The highest BCUT2D eigenvalue weighted by Crippen LogP contribution is 2.10. The Bertz CT molecular complexity index is 917. The second-order valence-electron chi connectivity index (χ2n) is 5.63. The van der Waals surface area contributed by atoms with Crippen molar-refractivity contribution in [3.63, 3.8) is 0 Å². The number of aromatic nitrogens is 3. The minimum absolute atomic E-state index is 0.0155. The Labute approximate surface area is 152 Å². The topological polar surface area (TPSA) is 96.9 Å². The molecule has 3 rings (SSSR count). The molecular formula is C18H19N5O2S. The van der Waals surface area contributed by atoms with Crippen molar-refractivity contribution in [2.75, 3.05) is 15.8 Å². The van der Waals surface area contributed by atoms with Crippen LogP contribution < -0.4 is 10.0 Å². The molecule has 26 heavy (non-hydrogen) atoms. The molecule has 8 heteroatoms. The van der Waals surface area contributed by atoms with E-state index in [0.717, 1.165) is 11.3 Å². The number of aryl methyl sites for hydroxylation is 1. The van der Waals surface area contributed by atoms with Gasteiger partial charge < -0.3 is 5.32 Å². The molecule has 0 amide bonds. The van der Waals surface area contributed by atoms with Gasteiger partial charge >= 0.3 is 0 Å². The quantitative estimate of drug-likeness (QED) is 0.633. The van der Waals surface area contributed by atoms with Gasteiger partial charge in [0.15, 0.2) is 5.82 Å². The SMILES string of the molecule is O=S(=O)(CCc1ccccc1)Nc1ccc(NCc2ccccn2)nn1. The maximum Gasteiger partial charge on any atom is 0.234 e. The molecule has 0 aliphatic rings. The maximum absolute atomic E-state index is 12.2. The predicted octanol–water partition coefficient (Wildman–Crippen LogP) is 2.47. The van der Waals surface area contributed by atoms with Crippen LogP contribution >= 0.6 is 0 Å². The van der Waals surface area contributed by atoms with Crippen LogP contribution in [0.3, 0.4) is 0 Å². The number of nitrogens with zero attached hydrogens (tertiary/aromatic N) is 3. The van der Waals surface area contributed by atoms with Crippen molar-refractivity contribution in [2.24, 2.45) is 0 Å². The zero-order valence-corrected chi connectivity index (χ0v) is 14.9. The standard InChI is InChI=1S/C18H19N5O2S/c24-26(25,13-11-15-6-2-1-3-7-15)23-18-10-9-17(21-22-18)20-14-16-8-4-5-12-19-16/h1-10,12H,11,13-14H2,(H,20,21)(H,22,23). The first kappa shape index (κ1) is 17.8. The van der Waals surface area contributed by atoms with Crippen molar-refractivity contribution in [2.45, 2.75) is 13.0 Å². The molecule has 0 saturated heterocycles. The van der Waals surface area contributed by atoms with Gasteiger partial charge in [-0.1, -0.05) is 36.4 Å². The molecule has 0 aliphatic carbocycles. The van der Waals surface area contributed by atoms with Gasteiger partial charge in [-0.25, -0.2) is 8.42 Å². The summed E-state index contributed by atoms with van der Waals surface area (Å²) in [4.78, 5) is 4.20. The summed E-state index contributed by atoms with van der Waals surface area (Å²) in [6.45, 7) is 0.512. The van der Waals surface area contributed by atoms with Crippen molar-refractivity contribution in [1.82, 2.24) is 15.2 Å². The smallest absolute Gasteiger partial charge is 0.234 e. The summed E-state index contributed by atoms with van der Waals surface area (Å²) in [7, 11) is -3.48. The Morgan fingerprint density at radius 2 is 1.58 bits per heavy atom. The lowest BCUT2D eigenvalue weighted by molar-refractivity contribution is 0.600. The van der Waals surface area contributed by atoms with E-state index in [1.807, 2.05) is 48.5 Å². The number of rotatable bonds is 8. The molecule has 0 aliphatic heterocycles. The van der Waals surface area contributed by atoms with Gasteiger partial charge in [-0.3, -0.25) is 9.71 Å². The van der Waals surface area contributed by atoms with E-state index in [2.05, 4.69) is 25.2 Å². The van der Waals surface area contributed by atoms with Crippen LogP contribution in [0.1, 0.15) is 11.3 Å². The number of sulfonamides is 1. The van der Waals surface area contributed by atoms with Crippen LogP contribution in [-0.4, -0.2) is 29.4 Å². The molecule has 2 aromatic heterocycles. The van der Waals surface area contributed by atoms with Crippen LogP contribution in [0.5, 0.6) is 0 Å². The van der Waals surface area contributed by atoms with Crippen molar-refractivity contribution < 1.29 is 8.42 Å². The van der Waals surface area contributed by atoms with Crippen LogP contribution in [0.15, 0.2) is 66.9 Å². The average molecular weight is 369 g/mol. The number of hydrogen-bond acceptors (Lipinski definition) is 6. The van der Waals surface area contributed by atoms with Crippen molar-refractivity contribution >= 4 is 21.7 Å². The Balaban J connectivity index is 1.53. The predicted molar refractivity (Wildman–Crippen MR) is 101 cm³/mol. The van der Waals surface area contributed by atoms with Gasteiger partial charge in [-0.15, -0.1) is 10.2 Å². The second-order valence-corrected chi connectivity index (χ2v) is 7.48. The van der Waals surface area contributed by atoms with E-state index < -0.39 is 10.0 Å². The van der Waals surface area contributed by atoms with Crippen LogP contribution in [0.2, 0.25) is 0 Å². The van der Waals surface area contributed by atoms with E-state index >= 15 is 0 Å². The molecule has 0 bridgehead atoms. The Hall–Kier alpha value is -3.00. The molecule has 1 aromatic carbocycles. The summed E-state index contributed by atoms with van der Waals surface area (Å²) >= 11 is 0. The lowest BCUT2D eigenvalue weighted by Crippen LogP contribution is -2.19. The van der Waals surface area contributed by atoms with Crippen LogP contribution in [0.25, 0.3) is 0 Å².